The molecule has 0 amide bonds. The van der Waals surface area contributed by atoms with E-state index >= 15 is 0 Å². The van der Waals surface area contributed by atoms with Crippen molar-refractivity contribution in [1.29, 1.82) is 0 Å². The fourth-order valence-electron chi connectivity index (χ4n) is 10.7. The Kier molecular flexibility index (Phi) is 59.4. The summed E-state index contributed by atoms with van der Waals surface area (Å²) in [5.74, 6) is 0.838. The first-order valence-corrected chi connectivity index (χ1v) is 39.7. The number of hydrogen-bond donors (Lipinski definition) is 3. The second-order valence-electron chi connectivity index (χ2n) is 27.5. The van der Waals surface area contributed by atoms with Crippen molar-refractivity contribution in [2.24, 2.45) is 23.7 Å². The van der Waals surface area contributed by atoms with Crippen molar-refractivity contribution < 1.29 is 80.2 Å². The molecule has 0 radical (unpaired) electrons. The van der Waals surface area contributed by atoms with Crippen molar-refractivity contribution in [3.63, 3.8) is 0 Å². The van der Waals surface area contributed by atoms with Gasteiger partial charge in [0.2, 0.25) is 0 Å². The van der Waals surface area contributed by atoms with Crippen LogP contribution in [0.3, 0.4) is 0 Å². The molecule has 0 spiro atoms. The summed E-state index contributed by atoms with van der Waals surface area (Å²) in [5, 5.41) is 10.6. The van der Waals surface area contributed by atoms with Crippen molar-refractivity contribution >= 4 is 39.5 Å². The molecule has 0 heterocycles. The van der Waals surface area contributed by atoms with Crippen molar-refractivity contribution in [2.75, 3.05) is 39.6 Å². The largest absolute Gasteiger partial charge is 0.472 e. The number of carbonyl (C=O) groups excluding carboxylic acids is 4. The molecule has 534 valence electrons. The van der Waals surface area contributed by atoms with Crippen LogP contribution in [0.1, 0.15) is 351 Å². The van der Waals surface area contributed by atoms with E-state index in [0.29, 0.717) is 31.6 Å². The number of hydrogen-bond acceptors (Lipinski definition) is 15. The third-order valence-corrected chi connectivity index (χ3v) is 18.2. The summed E-state index contributed by atoms with van der Waals surface area (Å²) in [6.45, 7) is 14.1. The number of ether oxygens (including phenoxy) is 4. The van der Waals surface area contributed by atoms with Crippen LogP contribution in [0.25, 0.3) is 0 Å². The first-order valence-electron chi connectivity index (χ1n) is 36.7. The number of esters is 4. The van der Waals surface area contributed by atoms with Gasteiger partial charge in [-0.25, -0.2) is 9.13 Å². The molecule has 90 heavy (non-hydrogen) atoms. The number of aliphatic hydroxyl groups is 1. The Morgan fingerprint density at radius 2 is 0.467 bits per heavy atom. The highest BCUT2D eigenvalue weighted by Gasteiger charge is 2.30. The minimum absolute atomic E-state index is 0.104. The molecular weight excluding hydrogens is 1190 g/mol. The van der Waals surface area contributed by atoms with Crippen LogP contribution in [0.4, 0.5) is 0 Å². The Labute approximate surface area is 549 Å². The van der Waals surface area contributed by atoms with Crippen LogP contribution in [0, 0.1) is 23.7 Å². The van der Waals surface area contributed by atoms with Gasteiger partial charge >= 0.3 is 39.5 Å². The second kappa shape index (κ2) is 60.7. The summed E-state index contributed by atoms with van der Waals surface area (Å²) in [6, 6.07) is 0. The molecule has 0 bridgehead atoms. The van der Waals surface area contributed by atoms with Crippen molar-refractivity contribution in [3.05, 3.63) is 0 Å². The molecule has 0 saturated carbocycles. The lowest BCUT2D eigenvalue weighted by Gasteiger charge is -2.21. The quantitative estimate of drug-likeness (QED) is 0.0222. The molecule has 2 unspecified atom stereocenters. The Hall–Kier alpha value is -1.94. The zero-order valence-electron chi connectivity index (χ0n) is 58.8. The zero-order valence-corrected chi connectivity index (χ0v) is 60.6. The molecule has 17 nitrogen and oxygen atoms in total. The maximum absolute atomic E-state index is 13.0. The molecule has 0 fully saturated rings. The monoisotopic (exact) mass is 1320 g/mol. The van der Waals surface area contributed by atoms with E-state index in [9.17, 15) is 43.2 Å². The fourth-order valence-corrected chi connectivity index (χ4v) is 12.2. The van der Waals surface area contributed by atoms with Gasteiger partial charge in [-0.05, 0) is 49.4 Å². The van der Waals surface area contributed by atoms with Crippen LogP contribution in [-0.2, 0) is 65.4 Å². The number of phosphoric acid groups is 2. The molecule has 0 aliphatic heterocycles. The molecule has 19 heteroatoms. The third-order valence-electron chi connectivity index (χ3n) is 16.3. The molecular formula is C71H138O17P2. The number of unbranched alkanes of at least 4 members (excludes halogenated alkanes) is 34. The lowest BCUT2D eigenvalue weighted by molar-refractivity contribution is -0.161. The van der Waals surface area contributed by atoms with Gasteiger partial charge in [-0.1, -0.05) is 299 Å². The summed E-state index contributed by atoms with van der Waals surface area (Å²) >= 11 is 0. The smallest absolute Gasteiger partial charge is 0.462 e. The van der Waals surface area contributed by atoms with Crippen LogP contribution < -0.4 is 0 Å². The fraction of sp³-hybridized carbons (Fsp3) is 0.944. The Bertz CT molecular complexity index is 1780. The van der Waals surface area contributed by atoms with E-state index < -0.39 is 97.5 Å². The lowest BCUT2D eigenvalue weighted by atomic mass is 10.0. The third kappa shape index (κ3) is 64.8. The van der Waals surface area contributed by atoms with Gasteiger partial charge in [0.25, 0.3) is 0 Å². The normalized spacial score (nSPS) is 14.3. The van der Waals surface area contributed by atoms with E-state index in [-0.39, 0.29) is 25.7 Å². The van der Waals surface area contributed by atoms with E-state index in [1.807, 2.05) is 0 Å². The second-order valence-corrected chi connectivity index (χ2v) is 30.4. The molecule has 0 aliphatic rings. The number of phosphoric ester groups is 2. The molecule has 0 rings (SSSR count). The minimum Gasteiger partial charge on any atom is -0.462 e. The lowest BCUT2D eigenvalue weighted by Crippen LogP contribution is -2.30. The molecule has 0 aromatic heterocycles. The minimum atomic E-state index is -4.95. The van der Waals surface area contributed by atoms with Crippen LogP contribution >= 0.6 is 15.6 Å². The first-order chi connectivity index (χ1) is 43.1. The standard InChI is InChI=1S/C71H138O17P2/c1-61(2)47-39-31-23-17-11-9-10-12-21-27-37-45-53-70(75)87-66(57-81-68(73)51-43-35-26-20-15-13-18-24-32-40-48-62(3)4)59-85-89(77,78)83-55-65(72)56-84-90(79,80)86-60-67(58-82-69(74)52-44-36-30-29-34-42-50-64(7)8)88-71(76)54-46-38-28-22-16-14-19-25-33-41-49-63(5)6/h61-67,72H,9-60H2,1-8H3,(H,77,78)(H,79,80)/t65-,66-,67-/m1/s1. The van der Waals surface area contributed by atoms with Crippen LogP contribution in [0.15, 0.2) is 0 Å². The zero-order chi connectivity index (χ0) is 66.8. The van der Waals surface area contributed by atoms with Crippen LogP contribution in [-0.4, -0.2) is 96.7 Å². The molecule has 0 aromatic rings. The molecule has 0 aliphatic carbocycles. The van der Waals surface area contributed by atoms with E-state index in [4.69, 9.17) is 37.0 Å². The van der Waals surface area contributed by atoms with Crippen molar-refractivity contribution in [1.82, 2.24) is 0 Å². The first kappa shape index (κ1) is 88.1. The SMILES string of the molecule is CC(C)CCCCCCCCCCCCCCC(=O)O[C@H](COC(=O)CCCCCCCCCCCCC(C)C)COP(=O)(O)OC[C@@H](O)COP(=O)(O)OC[C@@H](COC(=O)CCCCCCCCC(C)C)OC(=O)CCCCCCCCCCCCC(C)C. The van der Waals surface area contributed by atoms with Crippen LogP contribution in [0.5, 0.6) is 0 Å². The van der Waals surface area contributed by atoms with E-state index in [2.05, 4.69) is 55.4 Å². The van der Waals surface area contributed by atoms with Gasteiger partial charge in [0.15, 0.2) is 12.2 Å². The van der Waals surface area contributed by atoms with Crippen molar-refractivity contribution in [2.45, 2.75) is 369 Å². The van der Waals surface area contributed by atoms with Gasteiger partial charge < -0.3 is 33.8 Å². The van der Waals surface area contributed by atoms with E-state index in [1.54, 1.807) is 0 Å². The number of aliphatic hydroxyl groups excluding tert-OH is 1. The average Bonchev–Trinajstić information content (AvgIpc) is 3.26. The van der Waals surface area contributed by atoms with Gasteiger partial charge in [0.1, 0.15) is 19.3 Å². The number of rotatable bonds is 68. The maximum Gasteiger partial charge on any atom is 0.472 e. The average molecular weight is 1330 g/mol. The molecule has 0 saturated heterocycles. The Balaban J connectivity index is 5.25. The molecule has 3 N–H and O–H groups in total. The van der Waals surface area contributed by atoms with E-state index in [1.165, 1.54) is 148 Å². The van der Waals surface area contributed by atoms with Crippen molar-refractivity contribution in [3.8, 4) is 0 Å². The Morgan fingerprint density at radius 1 is 0.278 bits per heavy atom. The summed E-state index contributed by atoms with van der Waals surface area (Å²) < 4.78 is 68.3. The topological polar surface area (TPSA) is 237 Å². The molecule has 0 aromatic carbocycles. The van der Waals surface area contributed by atoms with Crippen LogP contribution in [0.2, 0.25) is 0 Å². The van der Waals surface area contributed by atoms with E-state index in [0.717, 1.165) is 114 Å². The predicted octanol–water partition coefficient (Wildman–Crippen LogP) is 20.1. The highest BCUT2D eigenvalue weighted by Crippen LogP contribution is 2.45. The Morgan fingerprint density at radius 3 is 0.689 bits per heavy atom. The highest BCUT2D eigenvalue weighted by molar-refractivity contribution is 7.47. The summed E-state index contributed by atoms with van der Waals surface area (Å²) in [4.78, 5) is 72.6. The highest BCUT2D eigenvalue weighted by atomic mass is 31.2. The number of carbonyl (C=O) groups is 4. The summed E-state index contributed by atoms with van der Waals surface area (Å²) in [7, 11) is -9.90. The predicted molar refractivity (Wildman–Crippen MR) is 363 cm³/mol. The van der Waals surface area contributed by atoms with Gasteiger partial charge in [-0.2, -0.15) is 0 Å². The van der Waals surface area contributed by atoms with Gasteiger partial charge in [0, 0.05) is 25.7 Å². The summed E-state index contributed by atoms with van der Waals surface area (Å²) in [5.41, 5.74) is 0. The van der Waals surface area contributed by atoms with Gasteiger partial charge in [-0.15, -0.1) is 0 Å². The van der Waals surface area contributed by atoms with Gasteiger partial charge in [0.05, 0.1) is 26.4 Å². The molecule has 5 atom stereocenters. The van der Waals surface area contributed by atoms with Gasteiger partial charge in [-0.3, -0.25) is 37.3 Å². The summed E-state index contributed by atoms with van der Waals surface area (Å²) in [6.07, 6.45) is 43.2. The maximum atomic E-state index is 13.0.